The van der Waals surface area contributed by atoms with E-state index >= 15 is 0 Å². The maximum Gasteiger partial charge on any atom is 0.289 e. The van der Waals surface area contributed by atoms with Crippen LogP contribution in [0, 0.1) is 6.92 Å². The fourth-order valence-electron chi connectivity index (χ4n) is 5.65. The largest absolute Gasteiger partial charge is 0.459 e. The van der Waals surface area contributed by atoms with Crippen molar-refractivity contribution in [2.45, 2.75) is 57.9 Å². The lowest BCUT2D eigenvalue weighted by Gasteiger charge is -2.48. The Morgan fingerprint density at radius 1 is 1.06 bits per heavy atom. The fourth-order valence-corrected chi connectivity index (χ4v) is 5.65. The maximum absolute atomic E-state index is 12.8. The molecule has 1 aromatic carbocycles. The lowest BCUT2D eigenvalue weighted by molar-refractivity contribution is -0.00151. The van der Waals surface area contributed by atoms with E-state index in [2.05, 4.69) is 52.5 Å². The Labute approximate surface area is 194 Å². The van der Waals surface area contributed by atoms with E-state index in [-0.39, 0.29) is 11.4 Å². The fraction of sp³-hybridized carbons (Fsp3) is 0.520. The highest BCUT2D eigenvalue weighted by atomic mass is 16.3. The van der Waals surface area contributed by atoms with Crippen LogP contribution in [0.1, 0.15) is 66.5 Å². The van der Waals surface area contributed by atoms with Gasteiger partial charge in [0.25, 0.3) is 5.91 Å². The van der Waals surface area contributed by atoms with Crippen molar-refractivity contribution in [3.05, 3.63) is 59.3 Å². The van der Waals surface area contributed by atoms with Crippen LogP contribution in [0.4, 0.5) is 0 Å². The predicted molar refractivity (Wildman–Crippen MR) is 124 cm³/mol. The van der Waals surface area contributed by atoms with Crippen LogP contribution in [-0.2, 0) is 12.0 Å². The highest BCUT2D eigenvalue weighted by molar-refractivity contribution is 5.91. The molecule has 5 rings (SSSR count). The number of furan rings is 1. The summed E-state index contributed by atoms with van der Waals surface area (Å²) in [6, 6.07) is 9.90. The Balaban J connectivity index is 1.46. The maximum atomic E-state index is 12.8. The first kappa shape index (κ1) is 21.8. The third-order valence-corrected chi connectivity index (χ3v) is 7.38. The Hall–Kier alpha value is -3.00. The summed E-state index contributed by atoms with van der Waals surface area (Å²) < 4.78 is 7.33. The quantitative estimate of drug-likeness (QED) is 0.592. The molecule has 174 valence electrons. The molecule has 1 saturated carbocycles. The number of aryl methyl sites for hydroxylation is 2. The minimum Gasteiger partial charge on any atom is -0.459 e. The first-order valence-corrected chi connectivity index (χ1v) is 12.1. The molecule has 0 radical (unpaired) electrons. The lowest BCUT2D eigenvalue weighted by Crippen LogP contribution is -2.58. The number of amides is 1. The van der Waals surface area contributed by atoms with Crippen molar-refractivity contribution in [1.29, 1.82) is 0 Å². The number of hydrogen-bond donors (Lipinski definition) is 0. The number of hydrogen-bond acceptors (Lipinski definition) is 6. The molecule has 1 aliphatic carbocycles. The molecular weight excluding hydrogens is 416 g/mol. The topological polar surface area (TPSA) is 80.3 Å². The first-order valence-electron chi connectivity index (χ1n) is 12.1. The average Bonchev–Trinajstić information content (AvgIpc) is 3.57. The lowest BCUT2D eigenvalue weighted by atomic mass is 9.79. The number of nitrogens with zero attached hydrogens (tertiary/aromatic N) is 6. The van der Waals surface area contributed by atoms with Gasteiger partial charge in [0, 0.05) is 26.2 Å². The van der Waals surface area contributed by atoms with Gasteiger partial charge in [-0.2, -0.15) is 4.68 Å². The molecule has 0 unspecified atom stereocenters. The van der Waals surface area contributed by atoms with Crippen LogP contribution >= 0.6 is 0 Å². The van der Waals surface area contributed by atoms with Crippen LogP contribution in [0.25, 0.3) is 5.69 Å². The smallest absolute Gasteiger partial charge is 0.289 e. The minimum atomic E-state index is -0.213. The monoisotopic (exact) mass is 448 g/mol. The van der Waals surface area contributed by atoms with Gasteiger partial charge in [-0.15, -0.1) is 5.10 Å². The summed E-state index contributed by atoms with van der Waals surface area (Å²) in [6.45, 7) is 7.25. The average molecular weight is 449 g/mol. The van der Waals surface area contributed by atoms with Gasteiger partial charge >= 0.3 is 0 Å². The molecule has 2 fully saturated rings. The molecule has 2 aromatic heterocycles. The number of piperazine rings is 1. The van der Waals surface area contributed by atoms with Crippen LogP contribution in [0.3, 0.4) is 0 Å². The van der Waals surface area contributed by atoms with E-state index < -0.39 is 0 Å². The number of para-hydroxylation sites is 1. The summed E-state index contributed by atoms with van der Waals surface area (Å²) in [4.78, 5) is 17.2. The summed E-state index contributed by atoms with van der Waals surface area (Å²) in [7, 11) is 0. The molecule has 2 aliphatic rings. The van der Waals surface area contributed by atoms with Crippen molar-refractivity contribution >= 4 is 5.91 Å². The van der Waals surface area contributed by atoms with Crippen molar-refractivity contribution in [2.24, 2.45) is 0 Å². The number of aromatic nitrogens is 4. The van der Waals surface area contributed by atoms with Gasteiger partial charge in [0.1, 0.15) is 0 Å². The van der Waals surface area contributed by atoms with Crippen LogP contribution in [0.5, 0.6) is 0 Å². The van der Waals surface area contributed by atoms with E-state index in [1.807, 2.05) is 9.58 Å². The number of tetrazole rings is 1. The Bertz CT molecular complexity index is 1090. The molecule has 3 heterocycles. The zero-order valence-corrected chi connectivity index (χ0v) is 19.5. The molecule has 0 atom stereocenters. The third-order valence-electron chi connectivity index (χ3n) is 7.38. The third kappa shape index (κ3) is 3.86. The normalized spacial score (nSPS) is 19.0. The molecule has 0 spiro atoms. The number of carbonyl (C=O) groups excluding carboxylic acids is 1. The number of rotatable bonds is 5. The van der Waals surface area contributed by atoms with E-state index in [4.69, 9.17) is 4.42 Å². The first-order chi connectivity index (χ1) is 16.1. The van der Waals surface area contributed by atoms with Gasteiger partial charge in [0.15, 0.2) is 11.6 Å². The van der Waals surface area contributed by atoms with Gasteiger partial charge in [0.05, 0.1) is 17.5 Å². The number of benzene rings is 1. The summed E-state index contributed by atoms with van der Waals surface area (Å²) in [6.07, 6.45) is 8.11. The summed E-state index contributed by atoms with van der Waals surface area (Å²) in [5, 5.41) is 13.3. The van der Waals surface area contributed by atoms with E-state index in [0.29, 0.717) is 18.8 Å². The molecule has 8 nitrogen and oxygen atoms in total. The summed E-state index contributed by atoms with van der Waals surface area (Å²) in [5.41, 5.74) is 3.33. The second kappa shape index (κ2) is 9.09. The van der Waals surface area contributed by atoms with Gasteiger partial charge in [-0.1, -0.05) is 44.4 Å². The molecule has 8 heteroatoms. The zero-order valence-electron chi connectivity index (χ0n) is 19.5. The molecule has 33 heavy (non-hydrogen) atoms. The standard InChI is InChI=1S/C25H32N6O2/c1-3-20-10-7-9-19(2)22(20)31-24(26-27-28-31)25(12-5-4-6-13-25)30-16-14-29(15-17-30)23(32)21-11-8-18-33-21/h7-11,18H,3-6,12-17H2,1-2H3. The minimum absolute atomic E-state index is 0.0327. The Kier molecular flexibility index (Phi) is 6.01. The van der Waals surface area contributed by atoms with Gasteiger partial charge in [-0.3, -0.25) is 9.69 Å². The second-order valence-electron chi connectivity index (χ2n) is 9.20. The molecule has 0 bridgehead atoms. The van der Waals surface area contributed by atoms with Gasteiger partial charge in [-0.05, 0) is 59.9 Å². The van der Waals surface area contributed by atoms with Gasteiger partial charge in [-0.25, -0.2) is 0 Å². The number of carbonyl (C=O) groups is 1. The van der Waals surface area contributed by atoms with E-state index in [1.165, 1.54) is 17.5 Å². The molecule has 1 saturated heterocycles. The van der Waals surface area contributed by atoms with Gasteiger partial charge < -0.3 is 9.32 Å². The van der Waals surface area contributed by atoms with Crippen LogP contribution in [-0.4, -0.2) is 62.1 Å². The molecule has 1 aliphatic heterocycles. The summed E-state index contributed by atoms with van der Waals surface area (Å²) in [5.74, 6) is 1.32. The molecule has 3 aromatic rings. The zero-order chi connectivity index (χ0) is 22.8. The van der Waals surface area contributed by atoms with Crippen molar-refractivity contribution in [1.82, 2.24) is 30.0 Å². The SMILES string of the molecule is CCc1cccc(C)c1-n1nnnc1C1(N2CCN(C(=O)c3ccco3)CC2)CCCCC1. The van der Waals surface area contributed by atoms with Crippen LogP contribution in [0.2, 0.25) is 0 Å². The van der Waals surface area contributed by atoms with Crippen LogP contribution in [0.15, 0.2) is 41.0 Å². The van der Waals surface area contributed by atoms with Crippen molar-refractivity contribution < 1.29 is 9.21 Å². The van der Waals surface area contributed by atoms with Gasteiger partial charge in [0.2, 0.25) is 0 Å². The van der Waals surface area contributed by atoms with E-state index in [1.54, 1.807) is 18.4 Å². The van der Waals surface area contributed by atoms with Crippen molar-refractivity contribution in [3.8, 4) is 5.69 Å². The molecular formula is C25H32N6O2. The van der Waals surface area contributed by atoms with Crippen LogP contribution < -0.4 is 0 Å². The summed E-state index contributed by atoms with van der Waals surface area (Å²) >= 11 is 0. The Morgan fingerprint density at radius 3 is 2.55 bits per heavy atom. The van der Waals surface area contributed by atoms with Crippen molar-refractivity contribution in [2.75, 3.05) is 26.2 Å². The predicted octanol–water partition coefficient (Wildman–Crippen LogP) is 3.74. The Morgan fingerprint density at radius 2 is 1.85 bits per heavy atom. The molecule has 0 N–H and O–H groups in total. The highest BCUT2D eigenvalue weighted by Crippen LogP contribution is 2.42. The van der Waals surface area contributed by atoms with Crippen molar-refractivity contribution in [3.63, 3.8) is 0 Å². The highest BCUT2D eigenvalue weighted by Gasteiger charge is 2.45. The second-order valence-corrected chi connectivity index (χ2v) is 9.20. The molecule has 1 amide bonds. The van der Waals surface area contributed by atoms with E-state index in [0.717, 1.165) is 56.7 Å². The van der Waals surface area contributed by atoms with E-state index in [9.17, 15) is 4.79 Å².